The zero-order chi connectivity index (χ0) is 7.57. The van der Waals surface area contributed by atoms with Crippen LogP contribution in [0.5, 0.6) is 0 Å². The first kappa shape index (κ1) is 7.29. The zero-order valence-corrected chi connectivity index (χ0v) is 6.88. The van der Waals surface area contributed by atoms with Gasteiger partial charge in [-0.05, 0) is 25.7 Å². The van der Waals surface area contributed by atoms with Crippen LogP contribution < -0.4 is 0 Å². The molecule has 2 heterocycles. The number of hydrogen-bond donors (Lipinski definition) is 0. The van der Waals surface area contributed by atoms with Gasteiger partial charge >= 0.3 is 0 Å². The predicted octanol–water partition coefficient (Wildman–Crippen LogP) is 1.65. The van der Waals surface area contributed by atoms with Gasteiger partial charge in [-0.1, -0.05) is 0 Å². The standard InChI is InChI=1S/C9H15NO/c1-3-9(7-10-5-1)4-2-6-11-8-9/h7H,1-6,8H2. The van der Waals surface area contributed by atoms with E-state index < -0.39 is 0 Å². The van der Waals surface area contributed by atoms with E-state index in [9.17, 15) is 0 Å². The molecule has 0 aromatic carbocycles. The summed E-state index contributed by atoms with van der Waals surface area (Å²) in [7, 11) is 0. The Morgan fingerprint density at radius 2 is 2.18 bits per heavy atom. The number of aliphatic imine (C=N–C) groups is 1. The fourth-order valence-corrected chi connectivity index (χ4v) is 2.02. The third-order valence-electron chi connectivity index (χ3n) is 2.68. The Kier molecular flexibility index (Phi) is 1.95. The fraction of sp³-hybridized carbons (Fsp3) is 0.889. The summed E-state index contributed by atoms with van der Waals surface area (Å²) >= 11 is 0. The molecule has 1 saturated heterocycles. The van der Waals surface area contributed by atoms with Crippen molar-refractivity contribution in [3.8, 4) is 0 Å². The van der Waals surface area contributed by atoms with Gasteiger partial charge in [0.25, 0.3) is 0 Å². The predicted molar refractivity (Wildman–Crippen MR) is 45.1 cm³/mol. The number of hydrogen-bond acceptors (Lipinski definition) is 2. The summed E-state index contributed by atoms with van der Waals surface area (Å²) in [6.07, 6.45) is 7.19. The van der Waals surface area contributed by atoms with E-state index in [-0.39, 0.29) is 0 Å². The van der Waals surface area contributed by atoms with Gasteiger partial charge < -0.3 is 4.74 Å². The molecule has 1 spiro atoms. The summed E-state index contributed by atoms with van der Waals surface area (Å²) in [6, 6.07) is 0. The van der Waals surface area contributed by atoms with Crippen LogP contribution >= 0.6 is 0 Å². The van der Waals surface area contributed by atoms with Crippen LogP contribution in [-0.2, 0) is 4.74 Å². The first-order valence-corrected chi connectivity index (χ1v) is 4.50. The second kappa shape index (κ2) is 2.94. The quantitative estimate of drug-likeness (QED) is 0.518. The van der Waals surface area contributed by atoms with Gasteiger partial charge in [-0.3, -0.25) is 4.99 Å². The Labute approximate surface area is 67.7 Å². The highest BCUT2D eigenvalue weighted by Gasteiger charge is 2.31. The molecule has 0 saturated carbocycles. The summed E-state index contributed by atoms with van der Waals surface area (Å²) in [5.74, 6) is 0. The van der Waals surface area contributed by atoms with Crippen molar-refractivity contribution in [2.24, 2.45) is 10.4 Å². The summed E-state index contributed by atoms with van der Waals surface area (Å²) in [6.45, 7) is 2.90. The summed E-state index contributed by atoms with van der Waals surface area (Å²) in [5.41, 5.74) is 0.344. The lowest BCUT2D eigenvalue weighted by molar-refractivity contribution is 0.0242. The van der Waals surface area contributed by atoms with Crippen molar-refractivity contribution in [3.63, 3.8) is 0 Å². The van der Waals surface area contributed by atoms with E-state index in [1.54, 1.807) is 0 Å². The van der Waals surface area contributed by atoms with Crippen LogP contribution in [0.4, 0.5) is 0 Å². The minimum atomic E-state index is 0.344. The van der Waals surface area contributed by atoms with Crippen molar-refractivity contribution in [2.45, 2.75) is 25.7 Å². The molecular weight excluding hydrogens is 138 g/mol. The molecule has 62 valence electrons. The molecule has 2 aliphatic heterocycles. The average molecular weight is 153 g/mol. The molecule has 0 bridgehead atoms. The third kappa shape index (κ3) is 1.45. The molecule has 0 amide bonds. The topological polar surface area (TPSA) is 21.6 Å². The molecule has 1 unspecified atom stereocenters. The number of rotatable bonds is 0. The largest absolute Gasteiger partial charge is 0.380 e. The Hall–Kier alpha value is -0.370. The maximum atomic E-state index is 5.47. The molecule has 0 aliphatic carbocycles. The molecule has 11 heavy (non-hydrogen) atoms. The highest BCUT2D eigenvalue weighted by molar-refractivity contribution is 5.66. The van der Waals surface area contributed by atoms with Crippen LogP contribution in [0.3, 0.4) is 0 Å². The normalized spacial score (nSPS) is 37.8. The lowest BCUT2D eigenvalue weighted by atomic mass is 9.78. The number of nitrogens with zero attached hydrogens (tertiary/aromatic N) is 1. The van der Waals surface area contributed by atoms with Gasteiger partial charge in [0.15, 0.2) is 0 Å². The molecule has 1 atom stereocenters. The van der Waals surface area contributed by atoms with Gasteiger partial charge in [0, 0.05) is 24.8 Å². The Balaban J connectivity index is 2.06. The number of ether oxygens (including phenoxy) is 1. The zero-order valence-electron chi connectivity index (χ0n) is 6.88. The average Bonchev–Trinajstić information content (AvgIpc) is 2.07. The molecule has 0 radical (unpaired) electrons. The highest BCUT2D eigenvalue weighted by Crippen LogP contribution is 2.33. The van der Waals surface area contributed by atoms with E-state index in [1.807, 2.05) is 0 Å². The minimum absolute atomic E-state index is 0.344. The highest BCUT2D eigenvalue weighted by atomic mass is 16.5. The first-order valence-electron chi connectivity index (χ1n) is 4.50. The summed E-state index contributed by atoms with van der Waals surface area (Å²) < 4.78 is 5.47. The first-order chi connectivity index (χ1) is 5.41. The van der Waals surface area contributed by atoms with Crippen molar-refractivity contribution in [3.05, 3.63) is 0 Å². The molecule has 2 aliphatic rings. The van der Waals surface area contributed by atoms with E-state index in [0.29, 0.717) is 5.41 Å². The van der Waals surface area contributed by atoms with Gasteiger partial charge in [-0.2, -0.15) is 0 Å². The lowest BCUT2D eigenvalue weighted by Crippen LogP contribution is -2.35. The smallest absolute Gasteiger partial charge is 0.0571 e. The van der Waals surface area contributed by atoms with Crippen LogP contribution in [0.1, 0.15) is 25.7 Å². The van der Waals surface area contributed by atoms with Crippen molar-refractivity contribution in [1.82, 2.24) is 0 Å². The van der Waals surface area contributed by atoms with Crippen molar-refractivity contribution in [1.29, 1.82) is 0 Å². The monoisotopic (exact) mass is 153 g/mol. The van der Waals surface area contributed by atoms with Crippen molar-refractivity contribution in [2.75, 3.05) is 19.8 Å². The molecule has 2 rings (SSSR count). The molecule has 0 aromatic rings. The molecule has 0 aromatic heterocycles. The van der Waals surface area contributed by atoms with Gasteiger partial charge in [0.1, 0.15) is 0 Å². The summed E-state index contributed by atoms with van der Waals surface area (Å²) in [5, 5.41) is 0. The maximum Gasteiger partial charge on any atom is 0.0571 e. The Bertz CT molecular complexity index is 159. The van der Waals surface area contributed by atoms with Crippen LogP contribution in [0.25, 0.3) is 0 Å². The van der Waals surface area contributed by atoms with Crippen LogP contribution in [0, 0.1) is 5.41 Å². The minimum Gasteiger partial charge on any atom is -0.380 e. The van der Waals surface area contributed by atoms with E-state index in [0.717, 1.165) is 19.8 Å². The van der Waals surface area contributed by atoms with Crippen molar-refractivity contribution < 1.29 is 4.74 Å². The van der Waals surface area contributed by atoms with Gasteiger partial charge in [0.2, 0.25) is 0 Å². The maximum absolute atomic E-state index is 5.47. The SMILES string of the molecule is C1=NCCCC12CCCOC2. The Morgan fingerprint density at radius 1 is 1.27 bits per heavy atom. The second-order valence-corrected chi connectivity index (χ2v) is 3.66. The summed E-state index contributed by atoms with van der Waals surface area (Å²) in [4.78, 5) is 4.35. The van der Waals surface area contributed by atoms with Crippen LogP contribution in [-0.4, -0.2) is 26.0 Å². The van der Waals surface area contributed by atoms with Gasteiger partial charge in [-0.25, -0.2) is 0 Å². The Morgan fingerprint density at radius 3 is 2.82 bits per heavy atom. The van der Waals surface area contributed by atoms with Crippen molar-refractivity contribution >= 4 is 6.21 Å². The fourth-order valence-electron chi connectivity index (χ4n) is 2.02. The van der Waals surface area contributed by atoms with E-state index in [4.69, 9.17) is 4.74 Å². The van der Waals surface area contributed by atoms with Crippen LogP contribution in [0.15, 0.2) is 4.99 Å². The van der Waals surface area contributed by atoms with Gasteiger partial charge in [-0.15, -0.1) is 0 Å². The third-order valence-corrected chi connectivity index (χ3v) is 2.68. The van der Waals surface area contributed by atoms with Gasteiger partial charge in [0.05, 0.1) is 6.61 Å². The molecule has 2 nitrogen and oxygen atoms in total. The van der Waals surface area contributed by atoms with E-state index in [2.05, 4.69) is 11.2 Å². The van der Waals surface area contributed by atoms with E-state index >= 15 is 0 Å². The van der Waals surface area contributed by atoms with E-state index in [1.165, 1.54) is 25.7 Å². The van der Waals surface area contributed by atoms with Crippen LogP contribution in [0.2, 0.25) is 0 Å². The second-order valence-electron chi connectivity index (χ2n) is 3.66. The molecule has 1 fully saturated rings. The molecular formula is C9H15NO. The molecule has 2 heteroatoms. The molecule has 0 N–H and O–H groups in total. The lowest BCUT2D eigenvalue weighted by Gasteiger charge is -2.35.